The predicted molar refractivity (Wildman–Crippen MR) is 82.8 cm³/mol. The van der Waals surface area contributed by atoms with Crippen LogP contribution >= 0.6 is 11.6 Å². The number of nitrogens with one attached hydrogen (secondary N) is 1. The lowest BCUT2D eigenvalue weighted by Crippen LogP contribution is -2.21. The van der Waals surface area contributed by atoms with Crippen LogP contribution < -0.4 is 11.1 Å². The van der Waals surface area contributed by atoms with Crippen molar-refractivity contribution in [1.82, 2.24) is 0 Å². The van der Waals surface area contributed by atoms with E-state index < -0.39 is 0 Å². The zero-order valence-electron chi connectivity index (χ0n) is 11.3. The molecule has 19 heavy (non-hydrogen) atoms. The van der Waals surface area contributed by atoms with E-state index >= 15 is 0 Å². The fourth-order valence-electron chi connectivity index (χ4n) is 2.18. The van der Waals surface area contributed by atoms with E-state index in [9.17, 15) is 0 Å². The van der Waals surface area contributed by atoms with Crippen molar-refractivity contribution in [3.63, 3.8) is 0 Å². The van der Waals surface area contributed by atoms with Gasteiger partial charge in [-0.3, -0.25) is 0 Å². The summed E-state index contributed by atoms with van der Waals surface area (Å²) >= 11 is 6.23. The van der Waals surface area contributed by atoms with Gasteiger partial charge in [0, 0.05) is 17.3 Å². The highest BCUT2D eigenvalue weighted by Crippen LogP contribution is 2.27. The summed E-state index contributed by atoms with van der Waals surface area (Å²) < 4.78 is 0. The normalized spacial score (nSPS) is 12.2. The first-order valence-electron chi connectivity index (χ1n) is 6.40. The second-order valence-corrected chi connectivity index (χ2v) is 5.18. The molecule has 3 N–H and O–H groups in total. The van der Waals surface area contributed by atoms with Crippen LogP contribution in [0.3, 0.4) is 0 Å². The van der Waals surface area contributed by atoms with Crippen LogP contribution in [0.1, 0.15) is 22.7 Å². The van der Waals surface area contributed by atoms with E-state index in [2.05, 4.69) is 37.4 Å². The van der Waals surface area contributed by atoms with Crippen molar-refractivity contribution in [1.29, 1.82) is 0 Å². The van der Waals surface area contributed by atoms with Crippen molar-refractivity contribution in [2.45, 2.75) is 19.9 Å². The van der Waals surface area contributed by atoms with E-state index in [0.717, 1.165) is 16.3 Å². The van der Waals surface area contributed by atoms with Crippen LogP contribution in [0.5, 0.6) is 0 Å². The summed E-state index contributed by atoms with van der Waals surface area (Å²) in [6.45, 7) is 4.68. The van der Waals surface area contributed by atoms with Gasteiger partial charge in [0.15, 0.2) is 0 Å². The van der Waals surface area contributed by atoms with Crippen LogP contribution in [0, 0.1) is 13.8 Å². The predicted octanol–water partition coefficient (Wildman–Crippen LogP) is 4.07. The molecule has 2 rings (SSSR count). The van der Waals surface area contributed by atoms with E-state index in [4.69, 9.17) is 17.3 Å². The molecule has 0 spiro atoms. The topological polar surface area (TPSA) is 38.0 Å². The van der Waals surface area contributed by atoms with Crippen LogP contribution in [-0.2, 0) is 0 Å². The minimum atomic E-state index is 0.0232. The number of aryl methyl sites for hydroxylation is 2. The van der Waals surface area contributed by atoms with Crippen molar-refractivity contribution < 1.29 is 0 Å². The van der Waals surface area contributed by atoms with E-state index in [-0.39, 0.29) is 6.04 Å². The van der Waals surface area contributed by atoms with Crippen molar-refractivity contribution in [2.24, 2.45) is 5.73 Å². The first-order valence-corrected chi connectivity index (χ1v) is 6.78. The third-order valence-electron chi connectivity index (χ3n) is 3.23. The summed E-state index contributed by atoms with van der Waals surface area (Å²) in [5.74, 6) is 0. The zero-order chi connectivity index (χ0) is 13.8. The van der Waals surface area contributed by atoms with Gasteiger partial charge in [-0.15, -0.1) is 0 Å². The second-order valence-electron chi connectivity index (χ2n) is 4.77. The first kappa shape index (κ1) is 13.9. The molecule has 0 saturated carbocycles. The van der Waals surface area contributed by atoms with Gasteiger partial charge in [0.25, 0.3) is 0 Å². The van der Waals surface area contributed by atoms with Crippen LogP contribution in [0.25, 0.3) is 0 Å². The summed E-state index contributed by atoms with van der Waals surface area (Å²) in [6, 6.07) is 14.2. The highest BCUT2D eigenvalue weighted by Gasteiger charge is 2.13. The minimum absolute atomic E-state index is 0.0232. The van der Waals surface area contributed by atoms with Crippen molar-refractivity contribution in [3.05, 3.63) is 64.2 Å². The van der Waals surface area contributed by atoms with Gasteiger partial charge in [-0.25, -0.2) is 0 Å². The maximum atomic E-state index is 6.23. The van der Waals surface area contributed by atoms with Gasteiger partial charge in [-0.05, 0) is 37.1 Å². The van der Waals surface area contributed by atoms with Crippen LogP contribution in [0.2, 0.25) is 5.02 Å². The molecule has 0 fully saturated rings. The molecule has 0 saturated heterocycles. The van der Waals surface area contributed by atoms with Crippen molar-refractivity contribution >= 4 is 17.3 Å². The second kappa shape index (κ2) is 6.09. The monoisotopic (exact) mass is 274 g/mol. The molecular formula is C16H19ClN2. The average molecular weight is 275 g/mol. The summed E-state index contributed by atoms with van der Waals surface area (Å²) in [5, 5.41) is 4.22. The van der Waals surface area contributed by atoms with Crippen LogP contribution in [0.15, 0.2) is 42.5 Å². The SMILES string of the molecule is Cc1ccc(NC(CN)c2ccccc2Cl)c(C)c1. The van der Waals surface area contributed by atoms with E-state index in [1.54, 1.807) is 0 Å². The third-order valence-corrected chi connectivity index (χ3v) is 3.57. The standard InChI is InChI=1S/C16H19ClN2/c1-11-7-8-15(12(2)9-11)19-16(10-18)13-5-3-4-6-14(13)17/h3-9,16,19H,10,18H2,1-2H3. The number of benzene rings is 2. The molecule has 0 amide bonds. The molecule has 0 aromatic heterocycles. The first-order chi connectivity index (χ1) is 9.11. The molecule has 0 aliphatic carbocycles. The van der Waals surface area contributed by atoms with E-state index in [0.29, 0.717) is 6.54 Å². The van der Waals surface area contributed by atoms with Gasteiger partial charge in [0.05, 0.1) is 6.04 Å². The molecule has 0 aliphatic heterocycles. The summed E-state index contributed by atoms with van der Waals surface area (Å²) in [6.07, 6.45) is 0. The Kier molecular flexibility index (Phi) is 4.46. The van der Waals surface area contributed by atoms with Gasteiger partial charge in [0.1, 0.15) is 0 Å². The number of halogens is 1. The van der Waals surface area contributed by atoms with Crippen molar-refractivity contribution in [3.8, 4) is 0 Å². The minimum Gasteiger partial charge on any atom is -0.377 e. The molecule has 2 aromatic rings. The smallest absolute Gasteiger partial charge is 0.0650 e. The zero-order valence-corrected chi connectivity index (χ0v) is 12.0. The lowest BCUT2D eigenvalue weighted by molar-refractivity contribution is 0.789. The van der Waals surface area contributed by atoms with Crippen molar-refractivity contribution in [2.75, 3.05) is 11.9 Å². The highest BCUT2D eigenvalue weighted by molar-refractivity contribution is 6.31. The summed E-state index contributed by atoms with van der Waals surface area (Å²) in [5.41, 5.74) is 10.5. The van der Waals surface area contributed by atoms with Gasteiger partial charge in [0.2, 0.25) is 0 Å². The molecule has 2 nitrogen and oxygen atoms in total. The third kappa shape index (κ3) is 3.28. The van der Waals surface area contributed by atoms with Gasteiger partial charge in [-0.1, -0.05) is 47.5 Å². The largest absolute Gasteiger partial charge is 0.377 e. The van der Waals surface area contributed by atoms with E-state index in [1.807, 2.05) is 24.3 Å². The molecule has 0 bridgehead atoms. The van der Waals surface area contributed by atoms with Crippen LogP contribution in [-0.4, -0.2) is 6.54 Å². The number of hydrogen-bond acceptors (Lipinski definition) is 2. The Bertz CT molecular complexity index is 566. The molecule has 0 radical (unpaired) electrons. The number of rotatable bonds is 4. The van der Waals surface area contributed by atoms with Gasteiger partial charge < -0.3 is 11.1 Å². The lowest BCUT2D eigenvalue weighted by atomic mass is 10.0. The Labute approximate surface area is 119 Å². The molecular weight excluding hydrogens is 256 g/mol. The Balaban J connectivity index is 2.27. The summed E-state index contributed by atoms with van der Waals surface area (Å²) in [7, 11) is 0. The number of anilines is 1. The molecule has 0 heterocycles. The maximum absolute atomic E-state index is 6.23. The summed E-state index contributed by atoms with van der Waals surface area (Å²) in [4.78, 5) is 0. The fraction of sp³-hybridized carbons (Fsp3) is 0.250. The lowest BCUT2D eigenvalue weighted by Gasteiger charge is -2.21. The maximum Gasteiger partial charge on any atom is 0.0650 e. The Morgan fingerprint density at radius 2 is 1.89 bits per heavy atom. The molecule has 1 unspecified atom stereocenters. The fourth-order valence-corrected chi connectivity index (χ4v) is 2.45. The quantitative estimate of drug-likeness (QED) is 0.882. The molecule has 2 aromatic carbocycles. The molecule has 0 aliphatic rings. The Morgan fingerprint density at radius 3 is 2.53 bits per heavy atom. The van der Waals surface area contributed by atoms with Gasteiger partial charge in [-0.2, -0.15) is 0 Å². The average Bonchev–Trinajstić information content (AvgIpc) is 2.39. The Morgan fingerprint density at radius 1 is 1.16 bits per heavy atom. The molecule has 1 atom stereocenters. The molecule has 3 heteroatoms. The molecule has 100 valence electrons. The van der Waals surface area contributed by atoms with E-state index in [1.165, 1.54) is 11.1 Å². The number of nitrogens with two attached hydrogens (primary N) is 1. The Hall–Kier alpha value is -1.51. The van der Waals surface area contributed by atoms with Gasteiger partial charge >= 0.3 is 0 Å². The highest BCUT2D eigenvalue weighted by atomic mass is 35.5. The number of hydrogen-bond donors (Lipinski definition) is 2. The van der Waals surface area contributed by atoms with Crippen LogP contribution in [0.4, 0.5) is 5.69 Å².